The number of esters is 1. The van der Waals surface area contributed by atoms with Gasteiger partial charge >= 0.3 is 5.97 Å². The molecule has 0 saturated heterocycles. The Morgan fingerprint density at radius 2 is 2.19 bits per heavy atom. The summed E-state index contributed by atoms with van der Waals surface area (Å²) in [5.41, 5.74) is 5.99. The number of methoxy groups -OCH3 is 1. The maximum atomic E-state index is 11.2. The molecule has 0 aromatic rings. The number of hydrogen-bond donors (Lipinski definition) is 1. The standard InChI is InChI=1S/C13H23NO2/c1-9-7-8-13(2,3)10(9)5-6-11(14)12(15)16-4/h5-6,9-11H,7-8,14H2,1-4H3. The molecule has 1 saturated carbocycles. The van der Waals surface area contributed by atoms with E-state index in [1.54, 1.807) is 6.08 Å². The summed E-state index contributed by atoms with van der Waals surface area (Å²) in [7, 11) is 1.36. The summed E-state index contributed by atoms with van der Waals surface area (Å²) in [6.07, 6.45) is 6.35. The summed E-state index contributed by atoms with van der Waals surface area (Å²) in [6.45, 7) is 6.80. The first kappa shape index (κ1) is 13.2. The van der Waals surface area contributed by atoms with Gasteiger partial charge in [-0.15, -0.1) is 0 Å². The zero-order chi connectivity index (χ0) is 12.3. The Morgan fingerprint density at radius 3 is 2.62 bits per heavy atom. The summed E-state index contributed by atoms with van der Waals surface area (Å²) >= 11 is 0. The number of hydrogen-bond acceptors (Lipinski definition) is 3. The van der Waals surface area contributed by atoms with Crippen LogP contribution in [0.4, 0.5) is 0 Å². The van der Waals surface area contributed by atoms with Crippen LogP contribution in [-0.4, -0.2) is 19.1 Å². The zero-order valence-corrected chi connectivity index (χ0v) is 10.7. The molecule has 0 radical (unpaired) electrons. The van der Waals surface area contributed by atoms with Crippen LogP contribution in [0.15, 0.2) is 12.2 Å². The minimum absolute atomic E-state index is 0.311. The largest absolute Gasteiger partial charge is 0.468 e. The van der Waals surface area contributed by atoms with Gasteiger partial charge in [-0.05, 0) is 30.1 Å². The fourth-order valence-corrected chi connectivity index (χ4v) is 2.62. The van der Waals surface area contributed by atoms with E-state index in [4.69, 9.17) is 5.73 Å². The third-order valence-corrected chi connectivity index (χ3v) is 3.76. The van der Waals surface area contributed by atoms with Crippen molar-refractivity contribution >= 4 is 5.97 Å². The number of carbonyl (C=O) groups is 1. The van der Waals surface area contributed by atoms with Gasteiger partial charge in [-0.2, -0.15) is 0 Å². The van der Waals surface area contributed by atoms with Gasteiger partial charge in [-0.25, -0.2) is 0 Å². The monoisotopic (exact) mass is 225 g/mol. The van der Waals surface area contributed by atoms with Crippen LogP contribution < -0.4 is 5.73 Å². The van der Waals surface area contributed by atoms with E-state index in [0.29, 0.717) is 17.3 Å². The zero-order valence-electron chi connectivity index (χ0n) is 10.7. The molecule has 1 rings (SSSR count). The predicted octanol–water partition coefficient (Wildman–Crippen LogP) is 2.12. The molecule has 2 N–H and O–H groups in total. The van der Waals surface area contributed by atoms with Crippen molar-refractivity contribution in [3.05, 3.63) is 12.2 Å². The van der Waals surface area contributed by atoms with Crippen molar-refractivity contribution in [1.29, 1.82) is 0 Å². The van der Waals surface area contributed by atoms with Crippen LogP contribution in [0.5, 0.6) is 0 Å². The molecule has 1 fully saturated rings. The van der Waals surface area contributed by atoms with E-state index in [0.717, 1.165) is 0 Å². The molecule has 0 aromatic heterocycles. The Morgan fingerprint density at radius 1 is 1.56 bits per heavy atom. The Bertz CT molecular complexity index is 284. The van der Waals surface area contributed by atoms with Gasteiger partial charge in [-0.3, -0.25) is 4.79 Å². The normalized spacial score (nSPS) is 30.6. The quantitative estimate of drug-likeness (QED) is 0.591. The number of carbonyl (C=O) groups excluding carboxylic acids is 1. The van der Waals surface area contributed by atoms with Crippen molar-refractivity contribution in [2.45, 2.75) is 39.7 Å². The van der Waals surface area contributed by atoms with Crippen molar-refractivity contribution in [2.75, 3.05) is 7.11 Å². The lowest BCUT2D eigenvalue weighted by Gasteiger charge is -2.26. The Balaban J connectivity index is 2.65. The molecule has 92 valence electrons. The van der Waals surface area contributed by atoms with Crippen molar-refractivity contribution < 1.29 is 9.53 Å². The molecule has 0 aliphatic heterocycles. The smallest absolute Gasteiger partial charge is 0.326 e. The Hall–Kier alpha value is -0.830. The topological polar surface area (TPSA) is 52.3 Å². The van der Waals surface area contributed by atoms with Crippen molar-refractivity contribution in [2.24, 2.45) is 23.0 Å². The first-order valence-electron chi connectivity index (χ1n) is 5.90. The average molecular weight is 225 g/mol. The van der Waals surface area contributed by atoms with Gasteiger partial charge in [0.1, 0.15) is 6.04 Å². The van der Waals surface area contributed by atoms with E-state index in [9.17, 15) is 4.79 Å². The van der Waals surface area contributed by atoms with Crippen LogP contribution in [-0.2, 0) is 9.53 Å². The van der Waals surface area contributed by atoms with Crippen LogP contribution in [0, 0.1) is 17.3 Å². The second-order valence-corrected chi connectivity index (χ2v) is 5.46. The molecule has 1 aliphatic rings. The van der Waals surface area contributed by atoms with Gasteiger partial charge in [0.05, 0.1) is 7.11 Å². The first-order chi connectivity index (χ1) is 7.38. The number of rotatable bonds is 3. The lowest BCUT2D eigenvalue weighted by Crippen LogP contribution is -2.30. The molecule has 16 heavy (non-hydrogen) atoms. The molecule has 3 heteroatoms. The van der Waals surface area contributed by atoms with E-state index in [1.807, 2.05) is 0 Å². The maximum Gasteiger partial charge on any atom is 0.326 e. The van der Waals surface area contributed by atoms with Crippen LogP contribution in [0.1, 0.15) is 33.6 Å². The summed E-state index contributed by atoms with van der Waals surface area (Å²) < 4.78 is 4.59. The van der Waals surface area contributed by atoms with Crippen molar-refractivity contribution in [1.82, 2.24) is 0 Å². The Kier molecular flexibility index (Phi) is 4.14. The molecule has 3 nitrogen and oxygen atoms in total. The third-order valence-electron chi connectivity index (χ3n) is 3.76. The number of allylic oxidation sites excluding steroid dienone is 1. The molecule has 0 amide bonds. The molecule has 0 aromatic carbocycles. The lowest BCUT2D eigenvalue weighted by molar-refractivity contribution is -0.140. The van der Waals surface area contributed by atoms with Gasteiger partial charge < -0.3 is 10.5 Å². The van der Waals surface area contributed by atoms with Gasteiger partial charge in [0.25, 0.3) is 0 Å². The highest BCUT2D eigenvalue weighted by Gasteiger charge is 2.37. The summed E-state index contributed by atoms with van der Waals surface area (Å²) in [6, 6.07) is -0.631. The molecule has 0 spiro atoms. The molecule has 1 aliphatic carbocycles. The number of ether oxygens (including phenoxy) is 1. The molecular weight excluding hydrogens is 202 g/mol. The fourth-order valence-electron chi connectivity index (χ4n) is 2.62. The fraction of sp³-hybridized carbons (Fsp3) is 0.769. The maximum absolute atomic E-state index is 11.2. The average Bonchev–Trinajstić information content (AvgIpc) is 2.49. The van der Waals surface area contributed by atoms with E-state index in [2.05, 4.69) is 31.6 Å². The summed E-state index contributed by atoms with van der Waals surface area (Å²) in [4.78, 5) is 11.2. The second kappa shape index (κ2) is 5.00. The number of nitrogens with two attached hydrogens (primary N) is 1. The SMILES string of the molecule is COC(=O)C(N)C=CC1C(C)CCC1(C)C. The van der Waals surface area contributed by atoms with E-state index >= 15 is 0 Å². The summed E-state index contributed by atoms with van der Waals surface area (Å²) in [5.74, 6) is 0.791. The lowest BCUT2D eigenvalue weighted by atomic mass is 9.79. The molecular formula is C13H23NO2. The molecule has 0 bridgehead atoms. The van der Waals surface area contributed by atoms with E-state index in [1.165, 1.54) is 20.0 Å². The van der Waals surface area contributed by atoms with Crippen LogP contribution in [0.2, 0.25) is 0 Å². The van der Waals surface area contributed by atoms with Crippen molar-refractivity contribution in [3.63, 3.8) is 0 Å². The van der Waals surface area contributed by atoms with Crippen molar-refractivity contribution in [3.8, 4) is 0 Å². The predicted molar refractivity (Wildman–Crippen MR) is 64.8 cm³/mol. The highest BCUT2D eigenvalue weighted by atomic mass is 16.5. The molecule has 3 unspecified atom stereocenters. The van der Waals surface area contributed by atoms with Gasteiger partial charge in [-0.1, -0.05) is 32.9 Å². The Labute approximate surface area is 98.0 Å². The summed E-state index contributed by atoms with van der Waals surface area (Å²) in [5, 5.41) is 0. The first-order valence-corrected chi connectivity index (χ1v) is 5.90. The molecule has 0 heterocycles. The highest BCUT2D eigenvalue weighted by molar-refractivity contribution is 5.77. The van der Waals surface area contributed by atoms with Crippen LogP contribution in [0.25, 0.3) is 0 Å². The van der Waals surface area contributed by atoms with Gasteiger partial charge in [0.15, 0.2) is 0 Å². The highest BCUT2D eigenvalue weighted by Crippen LogP contribution is 2.46. The minimum Gasteiger partial charge on any atom is -0.468 e. The minimum atomic E-state index is -0.631. The van der Waals surface area contributed by atoms with E-state index < -0.39 is 6.04 Å². The second-order valence-electron chi connectivity index (χ2n) is 5.46. The van der Waals surface area contributed by atoms with Crippen LogP contribution in [0.3, 0.4) is 0 Å². The van der Waals surface area contributed by atoms with Crippen LogP contribution >= 0.6 is 0 Å². The van der Waals surface area contributed by atoms with Gasteiger partial charge in [0.2, 0.25) is 0 Å². The third kappa shape index (κ3) is 2.85. The van der Waals surface area contributed by atoms with E-state index in [-0.39, 0.29) is 5.97 Å². The van der Waals surface area contributed by atoms with Gasteiger partial charge in [0, 0.05) is 0 Å². The molecule has 3 atom stereocenters.